The van der Waals surface area contributed by atoms with Crippen LogP contribution in [0.2, 0.25) is 0 Å². The van der Waals surface area contributed by atoms with Gasteiger partial charge in [0.25, 0.3) is 0 Å². The number of nitrogens with one attached hydrogen (secondary N) is 1. The number of nitrogens with zero attached hydrogens (tertiary/aromatic N) is 1. The Kier molecular flexibility index (Phi) is 3.85. The van der Waals surface area contributed by atoms with E-state index in [1.807, 2.05) is 13.8 Å². The molecule has 0 aromatic heterocycles. The summed E-state index contributed by atoms with van der Waals surface area (Å²) in [5.41, 5.74) is 2.54. The van der Waals surface area contributed by atoms with Gasteiger partial charge in [-0.2, -0.15) is 0 Å². The molecule has 0 spiro atoms. The Labute approximate surface area is 112 Å². The number of aliphatic hydroxyl groups excluding tert-OH is 3. The second kappa shape index (κ2) is 4.99. The Balaban J connectivity index is 2.35. The third-order valence-corrected chi connectivity index (χ3v) is 4.27. The summed E-state index contributed by atoms with van der Waals surface area (Å²) in [6.07, 6.45) is -3.00. The van der Waals surface area contributed by atoms with Gasteiger partial charge < -0.3 is 20.1 Å². The maximum absolute atomic E-state index is 11.7. The lowest BCUT2D eigenvalue weighted by Crippen LogP contribution is -2.63. The zero-order chi connectivity index (χ0) is 14.4. The van der Waals surface area contributed by atoms with Gasteiger partial charge in [-0.1, -0.05) is 6.92 Å². The monoisotopic (exact) mass is 274 g/mol. The summed E-state index contributed by atoms with van der Waals surface area (Å²) in [5, 5.41) is 30.7. The van der Waals surface area contributed by atoms with Crippen LogP contribution in [0, 0.1) is 0 Å². The molecule has 0 saturated carbocycles. The summed E-state index contributed by atoms with van der Waals surface area (Å²) < 4.78 is 5.71. The van der Waals surface area contributed by atoms with Crippen molar-refractivity contribution in [2.24, 2.45) is 0 Å². The van der Waals surface area contributed by atoms with Gasteiger partial charge in [0.2, 0.25) is 5.91 Å². The van der Waals surface area contributed by atoms with Gasteiger partial charge in [-0.15, -0.1) is 0 Å². The minimum Gasteiger partial charge on any atom is -0.394 e. The first kappa shape index (κ1) is 14.7. The fourth-order valence-electron chi connectivity index (χ4n) is 2.90. The molecule has 2 saturated heterocycles. The Bertz CT molecular complexity index is 366. The molecule has 2 rings (SSSR count). The molecule has 6 unspecified atom stereocenters. The minimum atomic E-state index is -1.21. The van der Waals surface area contributed by atoms with E-state index < -0.39 is 36.0 Å². The topological polar surface area (TPSA) is 102 Å². The van der Waals surface area contributed by atoms with Gasteiger partial charge in [-0.05, 0) is 13.3 Å². The van der Waals surface area contributed by atoms with E-state index in [4.69, 9.17) is 4.74 Å². The minimum absolute atomic E-state index is 0.246. The first-order valence-corrected chi connectivity index (χ1v) is 6.55. The summed E-state index contributed by atoms with van der Waals surface area (Å²) in [4.78, 5) is 11.7. The molecule has 2 aliphatic rings. The van der Waals surface area contributed by atoms with Crippen molar-refractivity contribution in [1.29, 1.82) is 0 Å². The quantitative estimate of drug-likeness (QED) is 0.482. The Morgan fingerprint density at radius 1 is 1.42 bits per heavy atom. The molecule has 2 heterocycles. The average molecular weight is 274 g/mol. The fourth-order valence-corrected chi connectivity index (χ4v) is 2.90. The van der Waals surface area contributed by atoms with Gasteiger partial charge >= 0.3 is 0 Å². The highest BCUT2D eigenvalue weighted by molar-refractivity contribution is 5.74. The Morgan fingerprint density at radius 3 is 2.53 bits per heavy atom. The number of fused-ring (bicyclic) bond motifs is 1. The van der Waals surface area contributed by atoms with E-state index in [1.165, 1.54) is 11.9 Å². The number of hydrogen-bond acceptors (Lipinski definition) is 6. The number of hydrazine groups is 1. The molecule has 7 nitrogen and oxygen atoms in total. The van der Waals surface area contributed by atoms with Crippen molar-refractivity contribution in [2.45, 2.75) is 63.2 Å². The zero-order valence-electron chi connectivity index (χ0n) is 11.4. The number of hydrogen-bond donors (Lipinski definition) is 4. The Hall–Kier alpha value is -0.730. The van der Waals surface area contributed by atoms with Crippen LogP contribution < -0.4 is 5.43 Å². The first-order valence-electron chi connectivity index (χ1n) is 6.55. The van der Waals surface area contributed by atoms with Gasteiger partial charge in [0, 0.05) is 6.92 Å². The second-order valence-corrected chi connectivity index (χ2v) is 5.52. The van der Waals surface area contributed by atoms with Crippen LogP contribution >= 0.6 is 0 Å². The molecular formula is C12H22N2O5. The second-order valence-electron chi connectivity index (χ2n) is 5.52. The lowest BCUT2D eigenvalue weighted by molar-refractivity contribution is -0.205. The number of ether oxygens (including phenoxy) is 1. The van der Waals surface area contributed by atoms with Gasteiger partial charge in [0.1, 0.15) is 30.5 Å². The molecule has 7 heteroatoms. The lowest BCUT2D eigenvalue weighted by atomic mass is 9.83. The van der Waals surface area contributed by atoms with E-state index in [1.54, 1.807) is 0 Å². The maximum Gasteiger partial charge on any atom is 0.234 e. The molecule has 0 aliphatic carbocycles. The van der Waals surface area contributed by atoms with Gasteiger partial charge in [-0.3, -0.25) is 9.80 Å². The summed E-state index contributed by atoms with van der Waals surface area (Å²) in [7, 11) is 0. The van der Waals surface area contributed by atoms with Crippen molar-refractivity contribution in [1.82, 2.24) is 10.4 Å². The number of carbonyl (C=O) groups is 1. The van der Waals surface area contributed by atoms with Crippen molar-refractivity contribution < 1.29 is 24.9 Å². The van der Waals surface area contributed by atoms with Crippen LogP contribution in [0.1, 0.15) is 27.2 Å². The van der Waals surface area contributed by atoms with Crippen LogP contribution in [0.25, 0.3) is 0 Å². The number of rotatable bonds is 2. The van der Waals surface area contributed by atoms with E-state index in [0.29, 0.717) is 6.42 Å². The van der Waals surface area contributed by atoms with Gasteiger partial charge in [0.15, 0.2) is 0 Å². The van der Waals surface area contributed by atoms with Crippen LogP contribution in [-0.2, 0) is 9.53 Å². The average Bonchev–Trinajstić information content (AvgIpc) is 2.68. The van der Waals surface area contributed by atoms with E-state index in [2.05, 4.69) is 5.43 Å². The third kappa shape index (κ3) is 2.15. The summed E-state index contributed by atoms with van der Waals surface area (Å²) in [6, 6.07) is -0.653. The van der Waals surface area contributed by atoms with E-state index in [9.17, 15) is 20.1 Å². The molecule has 110 valence electrons. The molecule has 2 aliphatic heterocycles. The molecule has 6 atom stereocenters. The van der Waals surface area contributed by atoms with Crippen LogP contribution in [0.5, 0.6) is 0 Å². The smallest absolute Gasteiger partial charge is 0.234 e. The van der Waals surface area contributed by atoms with Gasteiger partial charge in [0.05, 0.1) is 12.1 Å². The normalized spacial score (nSPS) is 46.2. The summed E-state index contributed by atoms with van der Waals surface area (Å²) in [6.45, 7) is 4.86. The number of amides is 1. The molecule has 0 radical (unpaired) electrons. The van der Waals surface area contributed by atoms with Crippen molar-refractivity contribution in [3.05, 3.63) is 0 Å². The van der Waals surface area contributed by atoms with E-state index in [0.717, 1.165) is 0 Å². The van der Waals surface area contributed by atoms with Gasteiger partial charge in [-0.25, -0.2) is 5.43 Å². The summed E-state index contributed by atoms with van der Waals surface area (Å²) >= 11 is 0. The van der Waals surface area contributed by atoms with Crippen LogP contribution in [0.15, 0.2) is 0 Å². The van der Waals surface area contributed by atoms with Crippen molar-refractivity contribution in [3.63, 3.8) is 0 Å². The van der Waals surface area contributed by atoms with Crippen LogP contribution in [-0.4, -0.2) is 68.8 Å². The largest absolute Gasteiger partial charge is 0.394 e. The predicted molar refractivity (Wildman–Crippen MR) is 65.9 cm³/mol. The molecule has 0 bridgehead atoms. The van der Waals surface area contributed by atoms with Crippen molar-refractivity contribution in [2.75, 3.05) is 6.61 Å². The lowest BCUT2D eigenvalue weighted by Gasteiger charge is -2.43. The van der Waals surface area contributed by atoms with E-state index in [-0.39, 0.29) is 12.5 Å². The molecule has 0 aromatic rings. The zero-order valence-corrected chi connectivity index (χ0v) is 11.4. The third-order valence-electron chi connectivity index (χ3n) is 4.27. The molecule has 0 aromatic carbocycles. The maximum atomic E-state index is 11.7. The molecule has 2 fully saturated rings. The Morgan fingerprint density at radius 2 is 2.05 bits per heavy atom. The first-order chi connectivity index (χ1) is 8.85. The van der Waals surface area contributed by atoms with Crippen molar-refractivity contribution >= 4 is 5.91 Å². The van der Waals surface area contributed by atoms with Crippen LogP contribution in [0.3, 0.4) is 0 Å². The highest BCUT2D eigenvalue weighted by Crippen LogP contribution is 2.37. The molecule has 19 heavy (non-hydrogen) atoms. The summed E-state index contributed by atoms with van der Waals surface area (Å²) in [5.74, 6) is -0.246. The molecular weight excluding hydrogens is 252 g/mol. The van der Waals surface area contributed by atoms with Crippen LogP contribution in [0.4, 0.5) is 0 Å². The number of carbonyl (C=O) groups excluding carboxylic acids is 1. The highest BCUT2D eigenvalue weighted by Gasteiger charge is 2.59. The SMILES string of the molecule is CCC1(C)NN(C(C)=O)C2C(O)C(O)C(CO)OC21. The van der Waals surface area contributed by atoms with E-state index >= 15 is 0 Å². The predicted octanol–water partition coefficient (Wildman–Crippen LogP) is -1.63. The highest BCUT2D eigenvalue weighted by atomic mass is 16.5. The molecule has 4 N–H and O–H groups in total. The van der Waals surface area contributed by atoms with Crippen molar-refractivity contribution in [3.8, 4) is 0 Å². The standard InChI is InChI=1S/C12H22N2O5/c1-4-12(3)11-8(14(13-12)6(2)16)10(18)9(17)7(5-15)19-11/h7-11,13,15,17-18H,4-5H2,1-3H3. The molecule has 1 amide bonds. The number of aliphatic hydroxyl groups is 3. The fraction of sp³-hybridized carbons (Fsp3) is 0.917.